The maximum atomic E-state index is 12.6. The zero-order chi connectivity index (χ0) is 13.8. The van der Waals surface area contributed by atoms with E-state index in [0.717, 1.165) is 18.7 Å². The van der Waals surface area contributed by atoms with E-state index in [9.17, 15) is 9.59 Å². The molecule has 2 amide bonds. The van der Waals surface area contributed by atoms with Crippen molar-refractivity contribution in [1.29, 1.82) is 0 Å². The van der Waals surface area contributed by atoms with Crippen LogP contribution in [0, 0.1) is 0 Å². The minimum Gasteiger partial charge on any atom is -0.342 e. The fraction of sp³-hybridized carbons (Fsp3) is 0.846. The van der Waals surface area contributed by atoms with Gasteiger partial charge in [0, 0.05) is 19.0 Å². The first kappa shape index (κ1) is 15.3. The van der Waals surface area contributed by atoms with Crippen molar-refractivity contribution in [2.24, 2.45) is 0 Å². The van der Waals surface area contributed by atoms with E-state index in [4.69, 9.17) is 0 Å². The van der Waals surface area contributed by atoms with Gasteiger partial charge in [-0.25, -0.2) is 0 Å². The lowest BCUT2D eigenvalue weighted by Crippen LogP contribution is -2.55. The molecule has 0 aromatic rings. The summed E-state index contributed by atoms with van der Waals surface area (Å²) in [5, 5.41) is 2.87. The van der Waals surface area contributed by atoms with Gasteiger partial charge in [0.05, 0.1) is 0 Å². The third-order valence-corrected chi connectivity index (χ3v) is 4.31. The summed E-state index contributed by atoms with van der Waals surface area (Å²) in [5.74, 6) is 1.08. The second kappa shape index (κ2) is 6.45. The van der Waals surface area contributed by atoms with Crippen LogP contribution >= 0.6 is 11.8 Å². The van der Waals surface area contributed by atoms with E-state index in [1.807, 2.05) is 25.7 Å². The molecule has 0 aromatic heterocycles. The SMILES string of the molecule is CCC1(C)NC(=O)CC(C)N(CCCSC)C1=O. The smallest absolute Gasteiger partial charge is 0.248 e. The first-order chi connectivity index (χ1) is 8.44. The first-order valence-corrected chi connectivity index (χ1v) is 7.95. The summed E-state index contributed by atoms with van der Waals surface area (Å²) in [5.41, 5.74) is -0.735. The van der Waals surface area contributed by atoms with Crippen LogP contribution in [0.2, 0.25) is 0 Å². The van der Waals surface area contributed by atoms with E-state index in [0.29, 0.717) is 12.8 Å². The molecule has 4 nitrogen and oxygen atoms in total. The maximum absolute atomic E-state index is 12.6. The molecule has 2 atom stereocenters. The lowest BCUT2D eigenvalue weighted by molar-refractivity contribution is -0.139. The van der Waals surface area contributed by atoms with E-state index in [-0.39, 0.29) is 17.9 Å². The Morgan fingerprint density at radius 2 is 2.17 bits per heavy atom. The molecule has 0 aromatic carbocycles. The molecule has 1 heterocycles. The summed E-state index contributed by atoms with van der Waals surface area (Å²) in [6.07, 6.45) is 4.07. The van der Waals surface area contributed by atoms with Crippen LogP contribution in [0.4, 0.5) is 0 Å². The van der Waals surface area contributed by atoms with E-state index < -0.39 is 5.54 Å². The van der Waals surface area contributed by atoms with Gasteiger partial charge < -0.3 is 10.2 Å². The predicted octanol–water partition coefficient (Wildman–Crippen LogP) is 1.65. The van der Waals surface area contributed by atoms with E-state index >= 15 is 0 Å². The van der Waals surface area contributed by atoms with Gasteiger partial charge in [0.2, 0.25) is 11.8 Å². The largest absolute Gasteiger partial charge is 0.342 e. The fourth-order valence-corrected chi connectivity index (χ4v) is 2.67. The Morgan fingerprint density at radius 3 is 2.72 bits per heavy atom. The van der Waals surface area contributed by atoms with Gasteiger partial charge >= 0.3 is 0 Å². The van der Waals surface area contributed by atoms with Gasteiger partial charge in [-0.05, 0) is 38.7 Å². The fourth-order valence-electron chi connectivity index (χ4n) is 2.25. The number of nitrogens with zero attached hydrogens (tertiary/aromatic N) is 1. The Balaban J connectivity index is 2.84. The highest BCUT2D eigenvalue weighted by atomic mass is 32.2. The normalized spacial score (nSPS) is 29.1. The zero-order valence-electron chi connectivity index (χ0n) is 11.8. The molecule has 0 bridgehead atoms. The van der Waals surface area contributed by atoms with E-state index in [1.54, 1.807) is 11.8 Å². The van der Waals surface area contributed by atoms with Crippen LogP contribution in [-0.2, 0) is 9.59 Å². The molecular formula is C13H24N2O2S. The number of amides is 2. The van der Waals surface area contributed by atoms with Crippen molar-refractivity contribution in [3.63, 3.8) is 0 Å². The Hall–Kier alpha value is -0.710. The van der Waals surface area contributed by atoms with Crippen molar-refractivity contribution in [2.45, 2.75) is 51.6 Å². The summed E-state index contributed by atoms with van der Waals surface area (Å²) < 4.78 is 0. The average Bonchev–Trinajstić information content (AvgIpc) is 2.39. The summed E-state index contributed by atoms with van der Waals surface area (Å²) in [4.78, 5) is 26.2. The van der Waals surface area contributed by atoms with Gasteiger partial charge in [0.15, 0.2) is 0 Å². The number of nitrogens with one attached hydrogen (secondary N) is 1. The number of hydrogen-bond donors (Lipinski definition) is 1. The number of carbonyl (C=O) groups is 2. The van der Waals surface area contributed by atoms with Gasteiger partial charge in [0.1, 0.15) is 5.54 Å². The van der Waals surface area contributed by atoms with E-state index in [1.165, 1.54) is 0 Å². The highest BCUT2D eigenvalue weighted by molar-refractivity contribution is 7.98. The standard InChI is InChI=1S/C13H24N2O2S/c1-5-13(3)12(17)15(7-6-8-18-4)10(2)9-11(16)14-13/h10H,5-9H2,1-4H3,(H,14,16). The molecule has 1 aliphatic rings. The lowest BCUT2D eigenvalue weighted by Gasteiger charge is -2.33. The second-order valence-corrected chi connectivity index (χ2v) is 6.12. The summed E-state index contributed by atoms with van der Waals surface area (Å²) >= 11 is 1.78. The number of rotatable bonds is 5. The molecule has 0 radical (unpaired) electrons. The van der Waals surface area contributed by atoms with Crippen molar-refractivity contribution >= 4 is 23.6 Å². The van der Waals surface area contributed by atoms with Crippen LogP contribution in [0.1, 0.15) is 40.0 Å². The molecule has 104 valence electrons. The molecule has 1 fully saturated rings. The van der Waals surface area contributed by atoms with Crippen LogP contribution in [0.3, 0.4) is 0 Å². The van der Waals surface area contributed by atoms with Crippen molar-refractivity contribution in [1.82, 2.24) is 10.2 Å². The van der Waals surface area contributed by atoms with E-state index in [2.05, 4.69) is 11.6 Å². The Morgan fingerprint density at radius 1 is 1.50 bits per heavy atom. The number of hydrogen-bond acceptors (Lipinski definition) is 3. The Kier molecular flexibility index (Phi) is 5.50. The molecule has 0 aliphatic carbocycles. The monoisotopic (exact) mass is 272 g/mol. The molecule has 1 N–H and O–H groups in total. The molecule has 2 unspecified atom stereocenters. The molecule has 0 saturated carbocycles. The average molecular weight is 272 g/mol. The minimum atomic E-state index is -0.735. The predicted molar refractivity (Wildman–Crippen MR) is 75.6 cm³/mol. The quantitative estimate of drug-likeness (QED) is 0.774. The molecule has 18 heavy (non-hydrogen) atoms. The van der Waals surface area contributed by atoms with Gasteiger partial charge in [-0.15, -0.1) is 0 Å². The van der Waals surface area contributed by atoms with Crippen molar-refractivity contribution in [3.8, 4) is 0 Å². The minimum absolute atomic E-state index is 0.00673. The van der Waals surface area contributed by atoms with Gasteiger partial charge in [-0.2, -0.15) is 11.8 Å². The summed E-state index contributed by atoms with van der Waals surface area (Å²) in [6, 6.07) is -0.00673. The number of thioether (sulfide) groups is 1. The van der Waals surface area contributed by atoms with Crippen LogP contribution < -0.4 is 5.32 Å². The maximum Gasteiger partial charge on any atom is 0.248 e. The highest BCUT2D eigenvalue weighted by Gasteiger charge is 2.41. The second-order valence-electron chi connectivity index (χ2n) is 5.13. The molecular weight excluding hydrogens is 248 g/mol. The molecule has 5 heteroatoms. The molecule has 0 spiro atoms. The number of carbonyl (C=O) groups excluding carboxylic acids is 2. The van der Waals surface area contributed by atoms with Crippen molar-refractivity contribution in [2.75, 3.05) is 18.6 Å². The highest BCUT2D eigenvalue weighted by Crippen LogP contribution is 2.21. The molecule has 1 rings (SSSR count). The van der Waals surface area contributed by atoms with Crippen LogP contribution in [-0.4, -0.2) is 46.8 Å². The molecule has 1 aliphatic heterocycles. The molecule has 1 saturated heterocycles. The summed E-state index contributed by atoms with van der Waals surface area (Å²) in [6.45, 7) is 6.46. The summed E-state index contributed by atoms with van der Waals surface area (Å²) in [7, 11) is 0. The third kappa shape index (κ3) is 3.40. The van der Waals surface area contributed by atoms with Gasteiger partial charge in [-0.3, -0.25) is 9.59 Å². The van der Waals surface area contributed by atoms with Crippen molar-refractivity contribution in [3.05, 3.63) is 0 Å². The topological polar surface area (TPSA) is 49.4 Å². The Bertz CT molecular complexity index is 322. The zero-order valence-corrected chi connectivity index (χ0v) is 12.6. The van der Waals surface area contributed by atoms with Crippen LogP contribution in [0.25, 0.3) is 0 Å². The third-order valence-electron chi connectivity index (χ3n) is 3.62. The van der Waals surface area contributed by atoms with Gasteiger partial charge in [-0.1, -0.05) is 6.92 Å². The van der Waals surface area contributed by atoms with Crippen molar-refractivity contribution < 1.29 is 9.59 Å². The van der Waals surface area contributed by atoms with Crippen LogP contribution in [0.15, 0.2) is 0 Å². The first-order valence-electron chi connectivity index (χ1n) is 6.55. The Labute approximate surface area is 114 Å². The van der Waals surface area contributed by atoms with Crippen LogP contribution in [0.5, 0.6) is 0 Å². The van der Waals surface area contributed by atoms with Gasteiger partial charge in [0.25, 0.3) is 0 Å². The lowest BCUT2D eigenvalue weighted by atomic mass is 9.97.